The lowest BCUT2D eigenvalue weighted by Crippen LogP contribution is -2.47. The molecule has 0 spiro atoms. The zero-order valence-corrected chi connectivity index (χ0v) is 11.7. The second-order valence-corrected chi connectivity index (χ2v) is 5.46. The van der Waals surface area contributed by atoms with Gasteiger partial charge in [-0.1, -0.05) is 23.7 Å². The molecule has 0 bridgehead atoms. The van der Waals surface area contributed by atoms with Crippen molar-refractivity contribution in [2.75, 3.05) is 0 Å². The highest BCUT2D eigenvalue weighted by Gasteiger charge is 2.38. The molecule has 0 amide bonds. The maximum absolute atomic E-state index is 5.89. The van der Waals surface area contributed by atoms with Crippen LogP contribution in [0.5, 0.6) is 0 Å². The zero-order valence-electron chi connectivity index (χ0n) is 10.1. The maximum atomic E-state index is 5.89. The number of nitrogens with one attached hydrogen (secondary N) is 2. The van der Waals surface area contributed by atoms with Gasteiger partial charge < -0.3 is 5.32 Å². The van der Waals surface area contributed by atoms with E-state index in [1.54, 1.807) is 0 Å². The van der Waals surface area contributed by atoms with Crippen molar-refractivity contribution in [1.29, 1.82) is 0 Å². The van der Waals surface area contributed by atoms with Crippen LogP contribution in [0.4, 0.5) is 0 Å². The van der Waals surface area contributed by atoms with E-state index in [2.05, 4.69) is 31.5 Å². The molecule has 1 aliphatic heterocycles. The highest BCUT2D eigenvalue weighted by atomic mass is 35.5. The molecule has 1 aromatic rings. The highest BCUT2D eigenvalue weighted by Crippen LogP contribution is 2.25. The molecule has 17 heavy (non-hydrogen) atoms. The molecule has 3 nitrogen and oxygen atoms in total. The number of hydrogen-bond donors (Lipinski definition) is 2. The molecule has 2 N–H and O–H groups in total. The monoisotopic (exact) mass is 269 g/mol. The third-order valence-corrected chi connectivity index (χ3v) is 3.41. The number of benzene rings is 1. The first kappa shape index (κ1) is 12.6. The van der Waals surface area contributed by atoms with Crippen molar-refractivity contribution in [3.63, 3.8) is 0 Å². The van der Waals surface area contributed by atoms with E-state index < -0.39 is 0 Å². The molecule has 2 rings (SSSR count). The van der Waals surface area contributed by atoms with E-state index in [9.17, 15) is 0 Å². The molecule has 1 fully saturated rings. The number of nitrogens with zero attached hydrogens (tertiary/aromatic N) is 1. The number of hydrogen-bond acceptors (Lipinski definition) is 2. The van der Waals surface area contributed by atoms with Crippen LogP contribution in [-0.4, -0.2) is 16.2 Å². The summed E-state index contributed by atoms with van der Waals surface area (Å²) < 4.78 is 0. The van der Waals surface area contributed by atoms with Gasteiger partial charge in [0.2, 0.25) is 0 Å². The van der Waals surface area contributed by atoms with Gasteiger partial charge in [-0.15, -0.1) is 0 Å². The first-order valence-electron chi connectivity index (χ1n) is 5.57. The Morgan fingerprint density at radius 2 is 1.88 bits per heavy atom. The van der Waals surface area contributed by atoms with Crippen LogP contribution in [0.1, 0.15) is 26.3 Å². The van der Waals surface area contributed by atoms with Gasteiger partial charge in [0.1, 0.15) is 5.66 Å². The Balaban J connectivity index is 2.27. The van der Waals surface area contributed by atoms with E-state index in [1.165, 1.54) is 0 Å². The van der Waals surface area contributed by atoms with Crippen molar-refractivity contribution in [2.45, 2.75) is 32.5 Å². The summed E-state index contributed by atoms with van der Waals surface area (Å²) in [6.07, 6.45) is 0. The van der Waals surface area contributed by atoms with Crippen LogP contribution in [0, 0.1) is 0 Å². The molecule has 92 valence electrons. The molecule has 1 aliphatic rings. The second kappa shape index (κ2) is 4.44. The zero-order chi connectivity index (χ0) is 12.6. The Morgan fingerprint density at radius 3 is 2.35 bits per heavy atom. The van der Waals surface area contributed by atoms with Gasteiger partial charge >= 0.3 is 0 Å². The van der Waals surface area contributed by atoms with E-state index in [4.69, 9.17) is 23.8 Å². The topological polar surface area (TPSA) is 27.3 Å². The van der Waals surface area contributed by atoms with Crippen molar-refractivity contribution >= 4 is 28.9 Å². The third kappa shape index (κ3) is 2.39. The van der Waals surface area contributed by atoms with Gasteiger partial charge in [-0.3, -0.25) is 5.01 Å². The van der Waals surface area contributed by atoms with Gasteiger partial charge in [0.05, 0.1) is 0 Å². The van der Waals surface area contributed by atoms with Gasteiger partial charge in [0.25, 0.3) is 0 Å². The minimum absolute atomic E-state index is 0.309. The molecule has 1 saturated heterocycles. The van der Waals surface area contributed by atoms with Crippen LogP contribution in [0.3, 0.4) is 0 Å². The first-order chi connectivity index (χ1) is 7.92. The fourth-order valence-electron chi connectivity index (χ4n) is 1.88. The van der Waals surface area contributed by atoms with E-state index in [-0.39, 0.29) is 5.66 Å². The van der Waals surface area contributed by atoms with E-state index in [0.717, 1.165) is 15.7 Å². The fourth-order valence-corrected chi connectivity index (χ4v) is 2.46. The summed E-state index contributed by atoms with van der Waals surface area (Å²) in [5, 5.41) is 6.72. The van der Waals surface area contributed by atoms with Crippen molar-refractivity contribution in [3.8, 4) is 0 Å². The van der Waals surface area contributed by atoms with Crippen molar-refractivity contribution in [1.82, 2.24) is 15.8 Å². The van der Waals surface area contributed by atoms with Crippen LogP contribution < -0.4 is 10.7 Å². The standard InChI is InChI=1S/C12H16ClN3S/c1-8(2)16-11(17)14-12(3,15-16)9-4-6-10(13)7-5-9/h4-8,15H,1-3H3,(H,14,17). The number of thiocarbonyl (C=S) groups is 1. The Labute approximate surface area is 112 Å². The normalized spacial score (nSPS) is 24.3. The second-order valence-electron chi connectivity index (χ2n) is 4.64. The Kier molecular flexibility index (Phi) is 3.30. The molecule has 0 aromatic heterocycles. The molecular weight excluding hydrogens is 254 g/mol. The van der Waals surface area contributed by atoms with Gasteiger partial charge in [0, 0.05) is 11.1 Å². The first-order valence-corrected chi connectivity index (χ1v) is 6.36. The molecule has 0 radical (unpaired) electrons. The largest absolute Gasteiger partial charge is 0.338 e. The summed E-state index contributed by atoms with van der Waals surface area (Å²) in [6, 6.07) is 8.06. The fraction of sp³-hybridized carbons (Fsp3) is 0.417. The third-order valence-electron chi connectivity index (χ3n) is 2.86. The number of rotatable bonds is 2. The SMILES string of the molecule is CC(C)N1NC(C)(c2ccc(Cl)cc2)NC1=S. The lowest BCUT2D eigenvalue weighted by atomic mass is 10.0. The van der Waals surface area contributed by atoms with Gasteiger partial charge in [-0.2, -0.15) is 0 Å². The Bertz CT molecular complexity index is 432. The minimum Gasteiger partial charge on any atom is -0.338 e. The molecule has 0 aliphatic carbocycles. The molecule has 1 atom stereocenters. The average molecular weight is 270 g/mol. The Morgan fingerprint density at radius 1 is 1.29 bits per heavy atom. The molecule has 1 unspecified atom stereocenters. The maximum Gasteiger partial charge on any atom is 0.185 e. The minimum atomic E-state index is -0.369. The van der Waals surface area contributed by atoms with Crippen LogP contribution >= 0.6 is 23.8 Å². The average Bonchev–Trinajstić information content (AvgIpc) is 2.56. The highest BCUT2D eigenvalue weighted by molar-refractivity contribution is 7.80. The van der Waals surface area contributed by atoms with E-state index >= 15 is 0 Å². The van der Waals surface area contributed by atoms with Gasteiger partial charge in [-0.05, 0) is 50.7 Å². The summed E-state index contributed by atoms with van der Waals surface area (Å²) in [7, 11) is 0. The summed E-state index contributed by atoms with van der Waals surface area (Å²) >= 11 is 11.2. The van der Waals surface area contributed by atoms with E-state index in [1.807, 2.05) is 29.3 Å². The summed E-state index contributed by atoms with van der Waals surface area (Å²) in [4.78, 5) is 0. The van der Waals surface area contributed by atoms with Gasteiger partial charge in [0.15, 0.2) is 5.11 Å². The molecule has 5 heteroatoms. The van der Waals surface area contributed by atoms with Crippen molar-refractivity contribution < 1.29 is 0 Å². The van der Waals surface area contributed by atoms with Crippen molar-refractivity contribution in [3.05, 3.63) is 34.9 Å². The smallest absolute Gasteiger partial charge is 0.185 e. The predicted molar refractivity (Wildman–Crippen MR) is 74.6 cm³/mol. The van der Waals surface area contributed by atoms with Crippen LogP contribution in [0.15, 0.2) is 24.3 Å². The number of halogens is 1. The quantitative estimate of drug-likeness (QED) is 0.807. The summed E-state index contributed by atoms with van der Waals surface area (Å²) in [5.41, 5.74) is 4.13. The van der Waals surface area contributed by atoms with E-state index in [0.29, 0.717) is 6.04 Å². The lowest BCUT2D eigenvalue weighted by molar-refractivity contribution is 0.202. The summed E-state index contributed by atoms with van der Waals surface area (Å²) in [5.74, 6) is 0. The molecule has 1 heterocycles. The predicted octanol–water partition coefficient (Wildman–Crippen LogP) is 2.62. The lowest BCUT2D eigenvalue weighted by Gasteiger charge is -2.27. The van der Waals surface area contributed by atoms with Crippen LogP contribution in [0.25, 0.3) is 0 Å². The molecular formula is C12H16ClN3S. The number of hydrazine groups is 1. The molecule has 1 aromatic carbocycles. The van der Waals surface area contributed by atoms with Crippen molar-refractivity contribution in [2.24, 2.45) is 0 Å². The summed E-state index contributed by atoms with van der Waals surface area (Å²) in [6.45, 7) is 6.24. The Hall–Kier alpha value is -0.840. The van der Waals surface area contributed by atoms with Crippen LogP contribution in [-0.2, 0) is 5.66 Å². The molecule has 0 saturated carbocycles. The van der Waals surface area contributed by atoms with Crippen LogP contribution in [0.2, 0.25) is 5.02 Å². The van der Waals surface area contributed by atoms with Gasteiger partial charge in [-0.25, -0.2) is 5.43 Å².